The number of hydrogen-bond acceptors (Lipinski definition) is 4. The van der Waals surface area contributed by atoms with Crippen molar-refractivity contribution in [3.63, 3.8) is 0 Å². The van der Waals surface area contributed by atoms with Gasteiger partial charge in [-0.05, 0) is 60.5 Å². The summed E-state index contributed by atoms with van der Waals surface area (Å²) in [7, 11) is 0. The third-order valence-corrected chi connectivity index (χ3v) is 6.48. The lowest BCUT2D eigenvalue weighted by atomic mass is 10.1. The van der Waals surface area contributed by atoms with Crippen molar-refractivity contribution in [2.24, 2.45) is 0 Å². The molecule has 0 bridgehead atoms. The molecule has 0 atom stereocenters. The lowest BCUT2D eigenvalue weighted by molar-refractivity contribution is -0.117. The van der Waals surface area contributed by atoms with Gasteiger partial charge in [0.05, 0.1) is 16.6 Å². The molecule has 154 valence electrons. The molecule has 31 heavy (non-hydrogen) atoms. The summed E-state index contributed by atoms with van der Waals surface area (Å²) in [6, 6.07) is 23.5. The van der Waals surface area contributed by atoms with Crippen molar-refractivity contribution in [1.29, 1.82) is 0 Å². The normalized spacial score (nSPS) is 13.7. The van der Waals surface area contributed by atoms with Gasteiger partial charge in [0, 0.05) is 29.9 Å². The summed E-state index contributed by atoms with van der Waals surface area (Å²) in [5, 5.41) is 3.92. The molecule has 0 radical (unpaired) electrons. The number of nitrogens with one attached hydrogen (secondary N) is 1. The molecule has 2 amide bonds. The van der Waals surface area contributed by atoms with Gasteiger partial charge in [-0.25, -0.2) is 4.98 Å². The number of rotatable bonds is 5. The molecule has 1 aliphatic heterocycles. The minimum Gasteiger partial charge on any atom is -0.326 e. The Labute approximate surface area is 184 Å². The molecule has 2 heterocycles. The van der Waals surface area contributed by atoms with Crippen LogP contribution in [0.25, 0.3) is 20.8 Å². The van der Waals surface area contributed by atoms with Gasteiger partial charge in [-0.15, -0.1) is 11.3 Å². The highest BCUT2D eigenvalue weighted by Gasteiger charge is 2.21. The summed E-state index contributed by atoms with van der Waals surface area (Å²) in [5.74, 6) is 0.0949. The quantitative estimate of drug-likeness (QED) is 0.472. The third kappa shape index (κ3) is 4.20. The molecule has 6 heteroatoms. The van der Waals surface area contributed by atoms with Crippen LogP contribution in [0.1, 0.15) is 18.4 Å². The molecular formula is C25H21N3O2S. The average Bonchev–Trinajstić information content (AvgIpc) is 3.41. The van der Waals surface area contributed by atoms with E-state index >= 15 is 0 Å². The van der Waals surface area contributed by atoms with Crippen molar-refractivity contribution in [2.45, 2.75) is 19.3 Å². The Bertz CT molecular complexity index is 1210. The fourth-order valence-corrected chi connectivity index (χ4v) is 4.77. The second-order valence-electron chi connectivity index (χ2n) is 7.60. The molecule has 5 rings (SSSR count). The first-order chi connectivity index (χ1) is 15.2. The minimum atomic E-state index is -0.0715. The zero-order valence-corrected chi connectivity index (χ0v) is 17.7. The van der Waals surface area contributed by atoms with Gasteiger partial charge in [0.1, 0.15) is 5.01 Å². The Hall–Kier alpha value is -3.51. The zero-order valence-electron chi connectivity index (χ0n) is 16.9. The molecule has 0 unspecified atom stereocenters. The first-order valence-electron chi connectivity index (χ1n) is 10.3. The number of carbonyl (C=O) groups excluding carboxylic acids is 2. The third-order valence-electron chi connectivity index (χ3n) is 5.40. The smallest absolute Gasteiger partial charge is 0.228 e. The Balaban J connectivity index is 1.22. The zero-order chi connectivity index (χ0) is 21.2. The Morgan fingerprint density at radius 2 is 1.77 bits per heavy atom. The van der Waals surface area contributed by atoms with E-state index in [-0.39, 0.29) is 18.2 Å². The van der Waals surface area contributed by atoms with Crippen molar-refractivity contribution >= 4 is 44.7 Å². The molecule has 1 fully saturated rings. The SMILES string of the molecule is O=C(Cc1ccc(N2CCCC2=O)cc1)Nc1ccc(-c2nc3ccccc3s2)cc1. The van der Waals surface area contributed by atoms with E-state index in [2.05, 4.69) is 16.4 Å². The predicted octanol–water partition coefficient (Wildman–Crippen LogP) is 5.27. The number of benzene rings is 3. The molecule has 1 saturated heterocycles. The fraction of sp³-hybridized carbons (Fsp3) is 0.160. The number of thiazole rings is 1. The number of amides is 2. The van der Waals surface area contributed by atoms with Crippen molar-refractivity contribution in [3.05, 3.63) is 78.4 Å². The predicted molar refractivity (Wildman–Crippen MR) is 125 cm³/mol. The van der Waals surface area contributed by atoms with Gasteiger partial charge in [-0.1, -0.05) is 24.3 Å². The van der Waals surface area contributed by atoms with Gasteiger partial charge in [0.15, 0.2) is 0 Å². The number of carbonyl (C=O) groups is 2. The van der Waals surface area contributed by atoms with Gasteiger partial charge in [0.25, 0.3) is 0 Å². The van der Waals surface area contributed by atoms with Crippen molar-refractivity contribution in [3.8, 4) is 10.6 Å². The molecule has 1 aliphatic rings. The lowest BCUT2D eigenvalue weighted by Gasteiger charge is -2.15. The van der Waals surface area contributed by atoms with Gasteiger partial charge >= 0.3 is 0 Å². The van der Waals surface area contributed by atoms with Crippen molar-refractivity contribution < 1.29 is 9.59 Å². The van der Waals surface area contributed by atoms with E-state index < -0.39 is 0 Å². The molecule has 1 aromatic heterocycles. The topological polar surface area (TPSA) is 62.3 Å². The lowest BCUT2D eigenvalue weighted by Crippen LogP contribution is -2.23. The first kappa shape index (κ1) is 19.5. The average molecular weight is 428 g/mol. The number of para-hydroxylation sites is 1. The van der Waals surface area contributed by atoms with Crippen molar-refractivity contribution in [1.82, 2.24) is 4.98 Å². The highest BCUT2D eigenvalue weighted by Crippen LogP contribution is 2.30. The molecular weight excluding hydrogens is 406 g/mol. The molecule has 5 nitrogen and oxygen atoms in total. The summed E-state index contributed by atoms with van der Waals surface area (Å²) in [5.41, 5.74) is 4.61. The molecule has 0 spiro atoms. The maximum Gasteiger partial charge on any atom is 0.228 e. The van der Waals surface area contributed by atoms with E-state index in [9.17, 15) is 9.59 Å². The summed E-state index contributed by atoms with van der Waals surface area (Å²) >= 11 is 1.66. The van der Waals surface area contributed by atoms with Crippen LogP contribution in [-0.4, -0.2) is 23.3 Å². The first-order valence-corrected chi connectivity index (χ1v) is 11.1. The van der Waals surface area contributed by atoms with E-state index in [1.807, 2.05) is 66.7 Å². The van der Waals surface area contributed by atoms with Crippen LogP contribution in [0, 0.1) is 0 Å². The van der Waals surface area contributed by atoms with E-state index in [0.717, 1.165) is 50.7 Å². The summed E-state index contributed by atoms with van der Waals surface area (Å²) < 4.78 is 1.16. The van der Waals surface area contributed by atoms with Crippen molar-refractivity contribution in [2.75, 3.05) is 16.8 Å². The van der Waals surface area contributed by atoms with E-state index in [1.54, 1.807) is 16.2 Å². The monoisotopic (exact) mass is 427 g/mol. The Morgan fingerprint density at radius 3 is 2.48 bits per heavy atom. The highest BCUT2D eigenvalue weighted by atomic mass is 32.1. The van der Waals surface area contributed by atoms with Crippen LogP contribution < -0.4 is 10.2 Å². The van der Waals surface area contributed by atoms with Gasteiger partial charge in [0.2, 0.25) is 11.8 Å². The molecule has 1 N–H and O–H groups in total. The second-order valence-corrected chi connectivity index (χ2v) is 8.64. The summed E-state index contributed by atoms with van der Waals surface area (Å²) in [6.07, 6.45) is 1.80. The minimum absolute atomic E-state index is 0.0715. The molecule has 0 saturated carbocycles. The van der Waals surface area contributed by atoms with E-state index in [1.165, 1.54) is 0 Å². The second kappa shape index (κ2) is 8.32. The van der Waals surface area contributed by atoms with Crippen LogP contribution in [0.5, 0.6) is 0 Å². The van der Waals surface area contributed by atoms with Crippen LogP contribution in [-0.2, 0) is 16.0 Å². The largest absolute Gasteiger partial charge is 0.326 e. The van der Waals surface area contributed by atoms with Gasteiger partial charge in [-0.2, -0.15) is 0 Å². The summed E-state index contributed by atoms with van der Waals surface area (Å²) in [4.78, 5) is 30.8. The number of aromatic nitrogens is 1. The standard InChI is InChI=1S/C25H21N3O2S/c29-23(16-17-7-13-20(14-8-17)28-15-3-6-24(28)30)26-19-11-9-18(10-12-19)25-27-21-4-1-2-5-22(21)31-25/h1-2,4-5,7-14H,3,6,15-16H2,(H,26,29). The van der Waals surface area contributed by atoms with Crippen LogP contribution >= 0.6 is 11.3 Å². The van der Waals surface area contributed by atoms with Crippen LogP contribution in [0.2, 0.25) is 0 Å². The van der Waals surface area contributed by atoms with Crippen LogP contribution in [0.4, 0.5) is 11.4 Å². The van der Waals surface area contributed by atoms with E-state index in [4.69, 9.17) is 0 Å². The van der Waals surface area contributed by atoms with Gasteiger partial charge in [-0.3, -0.25) is 9.59 Å². The summed E-state index contributed by atoms with van der Waals surface area (Å²) in [6.45, 7) is 0.770. The number of anilines is 2. The maximum atomic E-state index is 12.5. The number of fused-ring (bicyclic) bond motifs is 1. The van der Waals surface area contributed by atoms with Crippen LogP contribution in [0.3, 0.4) is 0 Å². The molecule has 4 aromatic rings. The maximum absolute atomic E-state index is 12.5. The van der Waals surface area contributed by atoms with Crippen LogP contribution in [0.15, 0.2) is 72.8 Å². The number of hydrogen-bond donors (Lipinski definition) is 1. The number of nitrogens with zero attached hydrogens (tertiary/aromatic N) is 2. The van der Waals surface area contributed by atoms with Gasteiger partial charge < -0.3 is 10.2 Å². The van der Waals surface area contributed by atoms with E-state index in [0.29, 0.717) is 6.42 Å². The molecule has 3 aromatic carbocycles. The highest BCUT2D eigenvalue weighted by molar-refractivity contribution is 7.21. The Morgan fingerprint density at radius 1 is 1.00 bits per heavy atom. The Kier molecular flexibility index (Phi) is 5.22. The molecule has 0 aliphatic carbocycles. The fourth-order valence-electron chi connectivity index (χ4n) is 3.80.